The van der Waals surface area contributed by atoms with Crippen LogP contribution in [0.5, 0.6) is 0 Å². The number of fused-ring (bicyclic) bond motifs is 1. The van der Waals surface area contributed by atoms with E-state index in [1.165, 1.54) is 16.7 Å². The summed E-state index contributed by atoms with van der Waals surface area (Å²) in [5.41, 5.74) is 0. The van der Waals surface area contributed by atoms with E-state index in [-0.39, 0.29) is 17.9 Å². The quantitative estimate of drug-likeness (QED) is 0.198. The number of hydrogen-bond donors (Lipinski definition) is 0. The first-order valence-corrected chi connectivity index (χ1v) is 9.31. The van der Waals surface area contributed by atoms with Gasteiger partial charge in [0.05, 0.1) is 6.61 Å². The van der Waals surface area contributed by atoms with Gasteiger partial charge >= 0.3 is 12.1 Å². The van der Waals surface area contributed by atoms with Gasteiger partial charge in [0, 0.05) is 4.75 Å². The molecule has 0 aromatic carbocycles. The van der Waals surface area contributed by atoms with Gasteiger partial charge < -0.3 is 19.1 Å². The van der Waals surface area contributed by atoms with Crippen LogP contribution in [0.4, 0.5) is 4.79 Å². The van der Waals surface area contributed by atoms with E-state index in [1.54, 1.807) is 0 Å². The summed E-state index contributed by atoms with van der Waals surface area (Å²) in [7, 11) is 0. The van der Waals surface area contributed by atoms with Gasteiger partial charge in [0.25, 0.3) is 5.91 Å². The van der Waals surface area contributed by atoms with Crippen LogP contribution in [0.3, 0.4) is 0 Å². The Hall–Kier alpha value is -0.420. The zero-order valence-electron chi connectivity index (χ0n) is 12.8. The van der Waals surface area contributed by atoms with Crippen molar-refractivity contribution < 1.29 is 28.6 Å². The monoisotopic (exact) mass is 477 g/mol. The minimum absolute atomic E-state index is 0.233. The van der Waals surface area contributed by atoms with E-state index in [9.17, 15) is 14.4 Å². The number of nitrogens with zero attached hydrogens (tertiary/aromatic N) is 1. The Balaban J connectivity index is 1.92. The Labute approximate surface area is 156 Å². The van der Waals surface area contributed by atoms with Crippen molar-refractivity contribution >= 4 is 64.0 Å². The predicted octanol–water partition coefficient (Wildman–Crippen LogP) is 2.48. The molecule has 23 heavy (non-hydrogen) atoms. The van der Waals surface area contributed by atoms with Gasteiger partial charge in [-0.15, -0.1) is 11.8 Å². The highest BCUT2D eigenvalue weighted by atomic mass is 127. The molecule has 0 saturated carbocycles. The van der Waals surface area contributed by atoms with Crippen molar-refractivity contribution in [2.75, 3.05) is 13.4 Å². The molecule has 0 aromatic rings. The molecular weight excluding hydrogens is 461 g/mol. The SMILES string of the molecule is CCCOC(=O)OCOC(=O)[C@@H]1N2C(=O)[C@@](Cl)(I)[C@H]2SC1(C)C. The van der Waals surface area contributed by atoms with Crippen molar-refractivity contribution in [2.45, 2.75) is 46.2 Å². The van der Waals surface area contributed by atoms with Crippen LogP contribution in [-0.4, -0.2) is 55.4 Å². The van der Waals surface area contributed by atoms with E-state index >= 15 is 0 Å². The van der Waals surface area contributed by atoms with Crippen LogP contribution in [0.1, 0.15) is 27.2 Å². The van der Waals surface area contributed by atoms with Crippen LogP contribution >= 0.6 is 46.0 Å². The third-order valence-electron chi connectivity index (χ3n) is 3.46. The van der Waals surface area contributed by atoms with Crippen LogP contribution in [-0.2, 0) is 23.8 Å². The summed E-state index contributed by atoms with van der Waals surface area (Å²) in [6.45, 7) is 5.21. The highest BCUT2D eigenvalue weighted by molar-refractivity contribution is 14.1. The van der Waals surface area contributed by atoms with Crippen molar-refractivity contribution in [2.24, 2.45) is 0 Å². The Morgan fingerprint density at radius 1 is 1.35 bits per heavy atom. The fourth-order valence-electron chi connectivity index (χ4n) is 2.40. The number of halogens is 2. The maximum Gasteiger partial charge on any atom is 0.511 e. The summed E-state index contributed by atoms with van der Waals surface area (Å²) in [5, 5.41) is -0.291. The van der Waals surface area contributed by atoms with Crippen LogP contribution in [0.15, 0.2) is 0 Å². The predicted molar refractivity (Wildman–Crippen MR) is 92.4 cm³/mol. The van der Waals surface area contributed by atoms with Gasteiger partial charge in [0.1, 0.15) is 11.4 Å². The fraction of sp³-hybridized carbons (Fsp3) is 0.769. The molecule has 0 bridgehead atoms. The van der Waals surface area contributed by atoms with Crippen LogP contribution in [0.25, 0.3) is 0 Å². The minimum Gasteiger partial charge on any atom is -0.434 e. The van der Waals surface area contributed by atoms with Crippen LogP contribution in [0, 0.1) is 0 Å². The Morgan fingerprint density at radius 2 is 2.00 bits per heavy atom. The normalized spacial score (nSPS) is 31.2. The molecule has 0 spiro atoms. The number of rotatable bonds is 5. The molecule has 0 aromatic heterocycles. The van der Waals surface area contributed by atoms with E-state index in [0.29, 0.717) is 6.42 Å². The topological polar surface area (TPSA) is 82.1 Å². The maximum atomic E-state index is 12.3. The summed E-state index contributed by atoms with van der Waals surface area (Å²) in [6, 6.07) is -0.776. The Morgan fingerprint density at radius 3 is 2.61 bits per heavy atom. The van der Waals surface area contributed by atoms with Crippen LogP contribution in [0.2, 0.25) is 0 Å². The van der Waals surface area contributed by atoms with Gasteiger partial charge in [-0.3, -0.25) is 4.79 Å². The lowest BCUT2D eigenvalue weighted by molar-refractivity contribution is -0.168. The third kappa shape index (κ3) is 3.51. The summed E-state index contributed by atoms with van der Waals surface area (Å²) in [5.74, 6) is -0.946. The highest BCUT2D eigenvalue weighted by Crippen LogP contribution is 2.59. The average molecular weight is 478 g/mol. The zero-order chi connectivity index (χ0) is 17.4. The summed E-state index contributed by atoms with van der Waals surface area (Å²) in [6.07, 6.45) is -0.234. The summed E-state index contributed by atoms with van der Waals surface area (Å²) in [4.78, 5) is 37.0. The molecule has 130 valence electrons. The largest absolute Gasteiger partial charge is 0.511 e. The van der Waals surface area contributed by atoms with Gasteiger partial charge in [-0.1, -0.05) is 18.5 Å². The first kappa shape index (κ1) is 18.9. The molecule has 2 aliphatic rings. The molecule has 0 unspecified atom stereocenters. The van der Waals surface area contributed by atoms with E-state index in [0.717, 1.165) is 0 Å². The second kappa shape index (κ2) is 6.83. The third-order valence-corrected chi connectivity index (χ3v) is 7.07. The second-order valence-corrected chi connectivity index (χ2v) is 10.3. The zero-order valence-corrected chi connectivity index (χ0v) is 16.6. The average Bonchev–Trinajstić information content (AvgIpc) is 2.75. The lowest BCUT2D eigenvalue weighted by Crippen LogP contribution is -2.68. The first-order chi connectivity index (χ1) is 10.6. The molecule has 0 N–H and O–H groups in total. The van der Waals surface area contributed by atoms with Crippen LogP contribution < -0.4 is 0 Å². The van der Waals surface area contributed by atoms with Crippen molar-refractivity contribution in [1.82, 2.24) is 4.90 Å². The van der Waals surface area contributed by atoms with Gasteiger partial charge in [-0.2, -0.15) is 0 Å². The van der Waals surface area contributed by atoms with Gasteiger partial charge in [-0.25, -0.2) is 9.59 Å². The molecule has 2 saturated heterocycles. The molecule has 2 aliphatic heterocycles. The molecule has 2 rings (SSSR count). The molecule has 2 fully saturated rings. The highest BCUT2D eigenvalue weighted by Gasteiger charge is 2.70. The Bertz CT molecular complexity index is 529. The van der Waals surface area contributed by atoms with Crippen molar-refractivity contribution in [3.8, 4) is 0 Å². The number of carbonyl (C=O) groups is 3. The minimum atomic E-state index is -1.03. The lowest BCUT2D eigenvalue weighted by Gasteiger charge is -2.46. The summed E-state index contributed by atoms with van der Waals surface area (Å²) < 4.78 is 12.7. The maximum absolute atomic E-state index is 12.3. The molecule has 0 aliphatic carbocycles. The molecular formula is C13H17ClINO6S. The molecule has 3 atom stereocenters. The lowest BCUT2D eigenvalue weighted by atomic mass is 9.98. The number of hydrogen-bond acceptors (Lipinski definition) is 7. The van der Waals surface area contributed by atoms with E-state index in [2.05, 4.69) is 4.74 Å². The molecule has 2 heterocycles. The van der Waals surface area contributed by atoms with E-state index < -0.39 is 32.6 Å². The van der Waals surface area contributed by atoms with Gasteiger partial charge in [0.2, 0.25) is 9.67 Å². The molecule has 0 radical (unpaired) electrons. The number of esters is 1. The molecule has 10 heteroatoms. The van der Waals surface area contributed by atoms with Gasteiger partial charge in [0.15, 0.2) is 0 Å². The number of alkyl halides is 2. The van der Waals surface area contributed by atoms with Crippen molar-refractivity contribution in [3.63, 3.8) is 0 Å². The molecule has 1 amide bonds. The summed E-state index contributed by atoms with van der Waals surface area (Å²) >= 11 is 9.52. The number of carbonyl (C=O) groups excluding carboxylic acids is 3. The molecule has 7 nitrogen and oxygen atoms in total. The van der Waals surface area contributed by atoms with Crippen molar-refractivity contribution in [3.05, 3.63) is 0 Å². The van der Waals surface area contributed by atoms with E-state index in [1.807, 2.05) is 43.4 Å². The number of β-lactam (4-membered cyclic amide) rings is 1. The second-order valence-electron chi connectivity index (χ2n) is 5.64. The number of amides is 1. The smallest absolute Gasteiger partial charge is 0.434 e. The standard InChI is InChI=1S/C13H17ClINO6S/c1-4-5-20-11(19)22-6-21-8(17)7-12(2,3)23-10-13(14,15)9(18)16(7)10/h7,10H,4-6H2,1-3H3/t7-,10+,13+/m0/s1. The van der Waals surface area contributed by atoms with Gasteiger partial charge in [-0.05, 0) is 42.9 Å². The first-order valence-electron chi connectivity index (χ1n) is 6.97. The Kier molecular flexibility index (Phi) is 5.62. The van der Waals surface area contributed by atoms with E-state index in [4.69, 9.17) is 21.1 Å². The number of thioether (sulfide) groups is 1. The fourth-order valence-corrected chi connectivity index (χ4v) is 5.19. The number of ether oxygens (including phenoxy) is 3. The van der Waals surface area contributed by atoms with Crippen molar-refractivity contribution in [1.29, 1.82) is 0 Å².